The molecule has 2 amide bonds. The predicted octanol–water partition coefficient (Wildman–Crippen LogP) is 2.81. The van der Waals surface area contributed by atoms with Crippen molar-refractivity contribution >= 4 is 29.2 Å². The molecule has 1 aliphatic heterocycles. The maximum Gasteiger partial charge on any atom is 0.311 e. The van der Waals surface area contributed by atoms with Crippen LogP contribution in [0.15, 0.2) is 42.5 Å². The van der Waals surface area contributed by atoms with E-state index in [1.54, 1.807) is 12.1 Å². The zero-order valence-corrected chi connectivity index (χ0v) is 15.1. The van der Waals surface area contributed by atoms with E-state index < -0.39 is 36.0 Å². The van der Waals surface area contributed by atoms with E-state index in [1.165, 1.54) is 11.0 Å². The van der Waals surface area contributed by atoms with E-state index >= 15 is 0 Å². The van der Waals surface area contributed by atoms with E-state index in [2.05, 4.69) is 5.32 Å². The third kappa shape index (κ3) is 4.51. The number of hydrogen-bond acceptors (Lipinski definition) is 4. The van der Waals surface area contributed by atoms with Gasteiger partial charge in [0, 0.05) is 30.4 Å². The number of carbonyl (C=O) groups excluding carboxylic acids is 3. The summed E-state index contributed by atoms with van der Waals surface area (Å²) in [6.45, 7) is 1.51. The van der Waals surface area contributed by atoms with Gasteiger partial charge in [0.15, 0.2) is 18.2 Å². The second-order valence-electron chi connectivity index (χ2n) is 6.53. The monoisotopic (exact) mass is 388 g/mol. The SMILES string of the molecule is Cc1ccc(N2CC(C(=O)OCC(=O)Nc3ccc(F)c(F)c3)CC2=O)cc1. The lowest BCUT2D eigenvalue weighted by molar-refractivity contribution is -0.151. The molecule has 3 rings (SSSR count). The minimum absolute atomic E-state index is 0.00248. The zero-order valence-electron chi connectivity index (χ0n) is 15.1. The van der Waals surface area contributed by atoms with Crippen LogP contribution >= 0.6 is 0 Å². The summed E-state index contributed by atoms with van der Waals surface area (Å²) in [7, 11) is 0. The predicted molar refractivity (Wildman–Crippen MR) is 97.6 cm³/mol. The zero-order chi connectivity index (χ0) is 20.3. The molecule has 146 valence electrons. The van der Waals surface area contributed by atoms with Crippen LogP contribution in [-0.2, 0) is 19.1 Å². The van der Waals surface area contributed by atoms with Crippen molar-refractivity contribution in [2.45, 2.75) is 13.3 Å². The number of ether oxygens (including phenoxy) is 1. The Morgan fingerprint density at radius 3 is 2.54 bits per heavy atom. The van der Waals surface area contributed by atoms with Crippen molar-refractivity contribution < 1.29 is 27.9 Å². The van der Waals surface area contributed by atoms with Crippen molar-refractivity contribution in [1.29, 1.82) is 0 Å². The Balaban J connectivity index is 1.52. The smallest absolute Gasteiger partial charge is 0.311 e. The number of amides is 2. The topological polar surface area (TPSA) is 75.7 Å². The molecule has 1 atom stereocenters. The normalized spacial score (nSPS) is 16.2. The van der Waals surface area contributed by atoms with Crippen LogP contribution in [0, 0.1) is 24.5 Å². The van der Waals surface area contributed by atoms with Crippen LogP contribution in [0.1, 0.15) is 12.0 Å². The van der Waals surface area contributed by atoms with E-state index in [-0.39, 0.29) is 24.6 Å². The summed E-state index contributed by atoms with van der Waals surface area (Å²) in [4.78, 5) is 37.7. The molecule has 1 fully saturated rings. The lowest BCUT2D eigenvalue weighted by Crippen LogP contribution is -2.28. The Labute approximate surface area is 160 Å². The average Bonchev–Trinajstić information content (AvgIpc) is 3.05. The molecule has 8 heteroatoms. The molecule has 0 bridgehead atoms. The molecule has 1 heterocycles. The summed E-state index contributed by atoms with van der Waals surface area (Å²) >= 11 is 0. The van der Waals surface area contributed by atoms with Gasteiger partial charge >= 0.3 is 5.97 Å². The first kappa shape index (κ1) is 19.5. The van der Waals surface area contributed by atoms with E-state index in [4.69, 9.17) is 4.74 Å². The summed E-state index contributed by atoms with van der Waals surface area (Å²) < 4.78 is 31.0. The highest BCUT2D eigenvalue weighted by Gasteiger charge is 2.36. The van der Waals surface area contributed by atoms with Gasteiger partial charge in [0.05, 0.1) is 5.92 Å². The summed E-state index contributed by atoms with van der Waals surface area (Å²) in [5.41, 5.74) is 1.79. The number of halogens is 2. The molecule has 1 aliphatic rings. The Morgan fingerprint density at radius 2 is 1.86 bits per heavy atom. The second-order valence-corrected chi connectivity index (χ2v) is 6.53. The molecular formula is C20H18F2N2O4. The molecule has 6 nitrogen and oxygen atoms in total. The van der Waals surface area contributed by atoms with E-state index in [9.17, 15) is 23.2 Å². The van der Waals surface area contributed by atoms with Gasteiger partial charge < -0.3 is 15.0 Å². The van der Waals surface area contributed by atoms with E-state index in [0.717, 1.165) is 17.7 Å². The first-order valence-electron chi connectivity index (χ1n) is 8.62. The van der Waals surface area contributed by atoms with Crippen molar-refractivity contribution in [1.82, 2.24) is 0 Å². The number of anilines is 2. The molecular weight excluding hydrogens is 370 g/mol. The summed E-state index contributed by atoms with van der Waals surface area (Å²) in [6.07, 6.45) is -0.00248. The maximum absolute atomic E-state index is 13.1. The Morgan fingerprint density at radius 1 is 1.14 bits per heavy atom. The number of hydrogen-bond donors (Lipinski definition) is 1. The second kappa shape index (κ2) is 8.16. The fourth-order valence-electron chi connectivity index (χ4n) is 2.87. The lowest BCUT2D eigenvalue weighted by atomic mass is 10.1. The summed E-state index contributed by atoms with van der Waals surface area (Å²) in [5.74, 6) is -4.37. The number of benzene rings is 2. The average molecular weight is 388 g/mol. The van der Waals surface area contributed by atoms with Gasteiger partial charge in [-0.05, 0) is 31.2 Å². The minimum Gasteiger partial charge on any atom is -0.455 e. The summed E-state index contributed by atoms with van der Waals surface area (Å²) in [6, 6.07) is 10.2. The van der Waals surface area contributed by atoms with Gasteiger partial charge in [-0.25, -0.2) is 8.78 Å². The van der Waals surface area contributed by atoms with Crippen LogP contribution < -0.4 is 10.2 Å². The first-order valence-corrected chi connectivity index (χ1v) is 8.62. The number of esters is 1. The molecule has 0 saturated carbocycles. The lowest BCUT2D eigenvalue weighted by Gasteiger charge is -2.16. The number of nitrogens with zero attached hydrogens (tertiary/aromatic N) is 1. The van der Waals surface area contributed by atoms with Crippen LogP contribution in [0.25, 0.3) is 0 Å². The van der Waals surface area contributed by atoms with Gasteiger partial charge in [-0.15, -0.1) is 0 Å². The number of rotatable bonds is 5. The number of aryl methyl sites for hydroxylation is 1. The third-order valence-electron chi connectivity index (χ3n) is 4.35. The number of nitrogens with one attached hydrogen (secondary N) is 1. The quantitative estimate of drug-likeness (QED) is 0.800. The molecule has 1 N–H and O–H groups in total. The molecule has 1 saturated heterocycles. The Kier molecular flexibility index (Phi) is 5.67. The highest BCUT2D eigenvalue weighted by atomic mass is 19.2. The van der Waals surface area contributed by atoms with Gasteiger partial charge in [0.1, 0.15) is 0 Å². The van der Waals surface area contributed by atoms with Gasteiger partial charge in [0.25, 0.3) is 5.91 Å². The third-order valence-corrected chi connectivity index (χ3v) is 4.35. The standard InChI is InChI=1S/C20H18F2N2O4/c1-12-2-5-15(6-3-12)24-10-13(8-19(24)26)20(27)28-11-18(25)23-14-4-7-16(21)17(22)9-14/h2-7,9,13H,8,10-11H2,1H3,(H,23,25). The van der Waals surface area contributed by atoms with Crippen molar-refractivity contribution in [3.05, 3.63) is 59.7 Å². The van der Waals surface area contributed by atoms with Crippen LogP contribution in [0.4, 0.5) is 20.2 Å². The molecule has 1 unspecified atom stereocenters. The fourth-order valence-corrected chi connectivity index (χ4v) is 2.87. The molecule has 2 aromatic rings. The first-order chi connectivity index (χ1) is 13.3. The molecule has 0 aliphatic carbocycles. The molecule has 0 aromatic heterocycles. The molecule has 2 aromatic carbocycles. The molecule has 0 spiro atoms. The van der Waals surface area contributed by atoms with Crippen LogP contribution in [0.3, 0.4) is 0 Å². The minimum atomic E-state index is -1.10. The van der Waals surface area contributed by atoms with E-state index in [0.29, 0.717) is 5.69 Å². The van der Waals surface area contributed by atoms with Crippen LogP contribution in [0.5, 0.6) is 0 Å². The van der Waals surface area contributed by atoms with Gasteiger partial charge in [-0.3, -0.25) is 14.4 Å². The van der Waals surface area contributed by atoms with E-state index in [1.807, 2.05) is 19.1 Å². The van der Waals surface area contributed by atoms with Crippen molar-refractivity contribution in [3.8, 4) is 0 Å². The van der Waals surface area contributed by atoms with Gasteiger partial charge in [-0.2, -0.15) is 0 Å². The summed E-state index contributed by atoms with van der Waals surface area (Å²) in [5, 5.41) is 2.30. The molecule has 28 heavy (non-hydrogen) atoms. The van der Waals surface area contributed by atoms with Crippen LogP contribution in [0.2, 0.25) is 0 Å². The van der Waals surface area contributed by atoms with Crippen molar-refractivity contribution in [2.75, 3.05) is 23.4 Å². The Hall–Kier alpha value is -3.29. The van der Waals surface area contributed by atoms with Gasteiger partial charge in [0.2, 0.25) is 5.91 Å². The van der Waals surface area contributed by atoms with Gasteiger partial charge in [-0.1, -0.05) is 17.7 Å². The van der Waals surface area contributed by atoms with Crippen molar-refractivity contribution in [2.24, 2.45) is 5.92 Å². The molecule has 0 radical (unpaired) electrons. The number of carbonyl (C=O) groups is 3. The Bertz CT molecular complexity index is 915. The largest absolute Gasteiger partial charge is 0.455 e. The highest BCUT2D eigenvalue weighted by molar-refractivity contribution is 6.00. The maximum atomic E-state index is 13.1. The highest BCUT2D eigenvalue weighted by Crippen LogP contribution is 2.26. The fraction of sp³-hybridized carbons (Fsp3) is 0.250. The van der Waals surface area contributed by atoms with Crippen molar-refractivity contribution in [3.63, 3.8) is 0 Å². The van der Waals surface area contributed by atoms with Crippen LogP contribution in [-0.4, -0.2) is 30.9 Å².